The van der Waals surface area contributed by atoms with Crippen LogP contribution in [-0.2, 0) is 32.7 Å². The molecule has 0 amide bonds. The second kappa shape index (κ2) is 39.0. The number of aliphatic hydroxyl groups excluding tert-OH is 5. The van der Waals surface area contributed by atoms with Crippen molar-refractivity contribution in [3.8, 4) is 0 Å². The third-order valence-corrected chi connectivity index (χ3v) is 12.1. The summed E-state index contributed by atoms with van der Waals surface area (Å²) >= 11 is 0. The lowest BCUT2D eigenvalue weighted by atomic mass is 9.85. The molecule has 0 aromatic heterocycles. The van der Waals surface area contributed by atoms with Gasteiger partial charge in [-0.2, -0.15) is 0 Å². The number of phosphoric acid groups is 1. The fourth-order valence-electron chi connectivity index (χ4n) is 7.17. The monoisotopic (exact) mass is 915 g/mol. The standard InChI is InChI=1S/C49H87O13P/c1-3-5-7-9-11-13-15-17-19-20-21-22-24-26-28-30-32-34-36-38-43(51)61-41(40-60-63(57,58)62-49-47(55)45(53)44(52)46(54)48(49)56)39-59-42(50)37-35-33-31-29-27-25-23-18-16-14-12-10-8-6-4-2/h11-14,17-19,23,41,44-49,52-56H,3-10,15-16,20-22,24-40H2,1-2H3,(H,57,58)/b13-11-,14-12-,19-17-,23-18-. The van der Waals surface area contributed by atoms with E-state index < -0.39 is 75.7 Å². The van der Waals surface area contributed by atoms with E-state index in [1.165, 1.54) is 70.6 Å². The first-order valence-corrected chi connectivity index (χ1v) is 25.9. The van der Waals surface area contributed by atoms with E-state index in [0.717, 1.165) is 83.5 Å². The molecule has 1 aliphatic carbocycles. The van der Waals surface area contributed by atoms with Crippen LogP contribution in [0.2, 0.25) is 0 Å². The van der Waals surface area contributed by atoms with Gasteiger partial charge in [-0.15, -0.1) is 0 Å². The quantitative estimate of drug-likeness (QED) is 0.0147. The van der Waals surface area contributed by atoms with Crippen LogP contribution in [0, 0.1) is 0 Å². The molecule has 6 unspecified atom stereocenters. The molecule has 0 spiro atoms. The van der Waals surface area contributed by atoms with Gasteiger partial charge in [0.15, 0.2) is 6.10 Å². The number of phosphoric ester groups is 1. The predicted molar refractivity (Wildman–Crippen MR) is 249 cm³/mol. The molecule has 13 nitrogen and oxygen atoms in total. The van der Waals surface area contributed by atoms with E-state index in [2.05, 4.69) is 62.5 Å². The zero-order valence-electron chi connectivity index (χ0n) is 38.9. The summed E-state index contributed by atoms with van der Waals surface area (Å²) in [7, 11) is -5.13. The van der Waals surface area contributed by atoms with Crippen molar-refractivity contribution in [3.05, 3.63) is 48.6 Å². The molecule has 14 heteroatoms. The molecule has 366 valence electrons. The Morgan fingerprint density at radius 2 is 0.857 bits per heavy atom. The van der Waals surface area contributed by atoms with Gasteiger partial charge in [0, 0.05) is 12.8 Å². The molecule has 1 fully saturated rings. The normalized spacial score (nSPS) is 22.1. The number of carbonyl (C=O) groups excluding carboxylic acids is 2. The molecule has 1 rings (SSSR count). The SMILES string of the molecule is CCCCC/C=C\C/C=C\CCCCCCCCCCCC(=O)OC(COC(=O)CCCCCCC/C=C\C/C=C\CCCCC)COP(=O)(O)OC1C(O)C(O)C(O)C(O)C1O. The van der Waals surface area contributed by atoms with E-state index in [-0.39, 0.29) is 12.8 Å². The van der Waals surface area contributed by atoms with Gasteiger partial charge in [0.05, 0.1) is 6.61 Å². The van der Waals surface area contributed by atoms with Crippen molar-refractivity contribution in [2.45, 2.75) is 236 Å². The molecule has 0 heterocycles. The molecule has 0 saturated heterocycles. The second-order valence-corrected chi connectivity index (χ2v) is 18.4. The van der Waals surface area contributed by atoms with Crippen molar-refractivity contribution in [2.24, 2.45) is 0 Å². The minimum Gasteiger partial charge on any atom is -0.462 e. The highest BCUT2D eigenvalue weighted by molar-refractivity contribution is 7.47. The molecule has 1 saturated carbocycles. The molecule has 6 N–H and O–H groups in total. The van der Waals surface area contributed by atoms with Crippen LogP contribution in [0.25, 0.3) is 0 Å². The smallest absolute Gasteiger partial charge is 0.462 e. The maximum atomic E-state index is 12.8. The minimum absolute atomic E-state index is 0.0877. The lowest BCUT2D eigenvalue weighted by Crippen LogP contribution is -2.64. The highest BCUT2D eigenvalue weighted by Crippen LogP contribution is 2.47. The number of carbonyl (C=O) groups is 2. The van der Waals surface area contributed by atoms with Crippen molar-refractivity contribution >= 4 is 19.8 Å². The Hall–Kier alpha value is -2.19. The second-order valence-electron chi connectivity index (χ2n) is 17.0. The number of unbranched alkanes of at least 4 members (excludes halogenated alkanes) is 20. The van der Waals surface area contributed by atoms with Gasteiger partial charge in [-0.1, -0.05) is 152 Å². The van der Waals surface area contributed by atoms with Crippen LogP contribution in [0.1, 0.15) is 194 Å². The summed E-state index contributed by atoms with van der Waals surface area (Å²) in [4.78, 5) is 35.8. The van der Waals surface area contributed by atoms with Crippen molar-refractivity contribution < 1.29 is 63.1 Å². The highest BCUT2D eigenvalue weighted by Gasteiger charge is 2.51. The molecule has 1 aliphatic rings. The first-order valence-electron chi connectivity index (χ1n) is 24.4. The molecule has 0 aliphatic heterocycles. The Morgan fingerprint density at radius 3 is 1.29 bits per heavy atom. The number of rotatable bonds is 40. The zero-order valence-corrected chi connectivity index (χ0v) is 39.8. The van der Waals surface area contributed by atoms with E-state index in [9.17, 15) is 44.6 Å². The average molecular weight is 915 g/mol. The van der Waals surface area contributed by atoms with Crippen molar-refractivity contribution in [1.29, 1.82) is 0 Å². The zero-order chi connectivity index (χ0) is 46.4. The Bertz CT molecular complexity index is 1290. The Labute approximate surface area is 380 Å². The summed E-state index contributed by atoms with van der Waals surface area (Å²) in [5.41, 5.74) is 0. The fraction of sp³-hybridized carbons (Fsp3) is 0.796. The van der Waals surface area contributed by atoms with Crippen LogP contribution in [0.4, 0.5) is 0 Å². The first kappa shape index (κ1) is 58.8. The van der Waals surface area contributed by atoms with Crippen LogP contribution in [0.15, 0.2) is 48.6 Å². The van der Waals surface area contributed by atoms with E-state index in [1.807, 2.05) is 0 Å². The molecule has 0 bridgehead atoms. The molecule has 0 radical (unpaired) electrons. The Morgan fingerprint density at radius 1 is 0.492 bits per heavy atom. The van der Waals surface area contributed by atoms with Gasteiger partial charge < -0.3 is 39.9 Å². The van der Waals surface area contributed by atoms with E-state index in [1.54, 1.807) is 0 Å². The third kappa shape index (κ3) is 31.4. The fourth-order valence-corrected chi connectivity index (χ4v) is 8.14. The molecular weight excluding hydrogens is 828 g/mol. The van der Waals surface area contributed by atoms with Gasteiger partial charge >= 0.3 is 19.8 Å². The van der Waals surface area contributed by atoms with Crippen molar-refractivity contribution in [3.63, 3.8) is 0 Å². The molecule has 0 aromatic carbocycles. The van der Waals surface area contributed by atoms with E-state index in [0.29, 0.717) is 12.8 Å². The van der Waals surface area contributed by atoms with E-state index >= 15 is 0 Å². The molecule has 0 aromatic rings. The number of hydrogen-bond donors (Lipinski definition) is 6. The first-order chi connectivity index (χ1) is 30.4. The summed E-state index contributed by atoms with van der Waals surface area (Å²) in [6.07, 6.45) is 32.9. The molecule has 63 heavy (non-hydrogen) atoms. The van der Waals surface area contributed by atoms with Crippen molar-refractivity contribution in [2.75, 3.05) is 13.2 Å². The van der Waals surface area contributed by atoms with Crippen LogP contribution >= 0.6 is 7.82 Å². The summed E-state index contributed by atoms with van der Waals surface area (Å²) in [6, 6.07) is 0. The lowest BCUT2D eigenvalue weighted by Gasteiger charge is -2.41. The van der Waals surface area contributed by atoms with Gasteiger partial charge in [0.1, 0.15) is 43.2 Å². The predicted octanol–water partition coefficient (Wildman–Crippen LogP) is 9.95. The highest BCUT2D eigenvalue weighted by atomic mass is 31.2. The summed E-state index contributed by atoms with van der Waals surface area (Å²) < 4.78 is 33.6. The number of aliphatic hydroxyl groups is 5. The minimum atomic E-state index is -5.13. The third-order valence-electron chi connectivity index (χ3n) is 11.1. The van der Waals surface area contributed by atoms with Gasteiger partial charge in [0.25, 0.3) is 0 Å². The van der Waals surface area contributed by atoms with Gasteiger partial charge in [-0.3, -0.25) is 18.6 Å². The lowest BCUT2D eigenvalue weighted by molar-refractivity contribution is -0.220. The summed E-state index contributed by atoms with van der Waals surface area (Å²) in [6.45, 7) is 3.24. The number of esters is 2. The average Bonchev–Trinajstić information content (AvgIpc) is 3.26. The van der Waals surface area contributed by atoms with Crippen molar-refractivity contribution in [1.82, 2.24) is 0 Å². The number of ether oxygens (including phenoxy) is 2. The molecule has 6 atom stereocenters. The largest absolute Gasteiger partial charge is 0.472 e. The van der Waals surface area contributed by atoms with Crippen LogP contribution in [-0.4, -0.2) is 98.3 Å². The summed E-state index contributed by atoms with van der Waals surface area (Å²) in [5.74, 6) is -1.12. The molecular formula is C49H87O13P. The Kier molecular flexibility index (Phi) is 36.4. The number of hydrogen-bond acceptors (Lipinski definition) is 12. The van der Waals surface area contributed by atoms with Gasteiger partial charge in [-0.25, -0.2) is 4.57 Å². The topological polar surface area (TPSA) is 210 Å². The number of allylic oxidation sites excluding steroid dienone is 8. The van der Waals surface area contributed by atoms with E-state index in [4.69, 9.17) is 18.5 Å². The Balaban J connectivity index is 2.44. The summed E-state index contributed by atoms with van der Waals surface area (Å²) in [5, 5.41) is 50.2. The maximum Gasteiger partial charge on any atom is 0.472 e. The van der Waals surface area contributed by atoms with Crippen LogP contribution in [0.5, 0.6) is 0 Å². The maximum absolute atomic E-state index is 12.8. The van der Waals surface area contributed by atoms with Gasteiger partial charge in [-0.05, 0) is 77.0 Å². The van der Waals surface area contributed by atoms with Crippen LogP contribution < -0.4 is 0 Å². The van der Waals surface area contributed by atoms with Crippen LogP contribution in [0.3, 0.4) is 0 Å². The van der Waals surface area contributed by atoms with Gasteiger partial charge in [0.2, 0.25) is 0 Å².